The summed E-state index contributed by atoms with van der Waals surface area (Å²) >= 11 is 0. The number of hydrogen-bond acceptors (Lipinski definition) is 4. The van der Waals surface area contributed by atoms with Gasteiger partial charge in [-0.1, -0.05) is 38.1 Å². The number of pyridine rings is 2. The molecule has 5 heteroatoms. The van der Waals surface area contributed by atoms with Gasteiger partial charge < -0.3 is 5.32 Å². The standard InChI is InChI=1S/C28H37FN4/c1-21-17-22(2)26(32-18-21)19-33(16-7-6-14-30-5)20-27-25(9-8-15-31-27)28(3,4)23-10-12-24(29)13-11-23/h8-13,15,17-18,30H,6-7,14,16,19-20H2,1-5H3. The summed E-state index contributed by atoms with van der Waals surface area (Å²) in [5, 5.41) is 3.24. The van der Waals surface area contributed by atoms with Gasteiger partial charge >= 0.3 is 0 Å². The van der Waals surface area contributed by atoms with Crippen molar-refractivity contribution in [2.24, 2.45) is 0 Å². The van der Waals surface area contributed by atoms with E-state index in [-0.39, 0.29) is 11.2 Å². The average Bonchev–Trinajstić information content (AvgIpc) is 2.79. The van der Waals surface area contributed by atoms with E-state index in [2.05, 4.69) is 50.0 Å². The first-order valence-corrected chi connectivity index (χ1v) is 11.8. The molecule has 4 nitrogen and oxygen atoms in total. The molecule has 33 heavy (non-hydrogen) atoms. The van der Waals surface area contributed by atoms with Crippen molar-refractivity contribution < 1.29 is 4.39 Å². The van der Waals surface area contributed by atoms with Gasteiger partial charge in [-0.2, -0.15) is 0 Å². The van der Waals surface area contributed by atoms with Crippen molar-refractivity contribution in [2.45, 2.75) is 59.0 Å². The monoisotopic (exact) mass is 448 g/mol. The molecule has 2 heterocycles. The molecule has 0 amide bonds. The van der Waals surface area contributed by atoms with Gasteiger partial charge in [-0.3, -0.25) is 14.9 Å². The van der Waals surface area contributed by atoms with Crippen LogP contribution in [0, 0.1) is 19.7 Å². The van der Waals surface area contributed by atoms with Gasteiger partial charge in [0.2, 0.25) is 0 Å². The highest BCUT2D eigenvalue weighted by Gasteiger charge is 2.27. The van der Waals surface area contributed by atoms with E-state index in [1.54, 1.807) is 0 Å². The molecule has 0 fully saturated rings. The maximum absolute atomic E-state index is 13.5. The first kappa shape index (κ1) is 25.0. The second-order valence-corrected chi connectivity index (χ2v) is 9.43. The van der Waals surface area contributed by atoms with Crippen LogP contribution in [0.5, 0.6) is 0 Å². The minimum Gasteiger partial charge on any atom is -0.320 e. The SMILES string of the molecule is CNCCCCN(Cc1ncc(C)cc1C)Cc1ncccc1C(C)(C)c1ccc(F)cc1. The summed E-state index contributed by atoms with van der Waals surface area (Å²) in [4.78, 5) is 12.0. The third-order valence-electron chi connectivity index (χ3n) is 6.35. The molecule has 0 saturated heterocycles. The number of unbranched alkanes of at least 4 members (excludes halogenated alkanes) is 1. The maximum atomic E-state index is 13.5. The summed E-state index contributed by atoms with van der Waals surface area (Å²) in [5.74, 6) is -0.213. The van der Waals surface area contributed by atoms with Gasteiger partial charge in [0.1, 0.15) is 5.82 Å². The third-order valence-corrected chi connectivity index (χ3v) is 6.35. The molecule has 0 aliphatic heterocycles. The molecule has 0 saturated carbocycles. The Morgan fingerprint density at radius 3 is 2.39 bits per heavy atom. The molecule has 0 bridgehead atoms. The van der Waals surface area contributed by atoms with Gasteiger partial charge in [-0.25, -0.2) is 4.39 Å². The van der Waals surface area contributed by atoms with E-state index >= 15 is 0 Å². The second kappa shape index (κ2) is 11.5. The van der Waals surface area contributed by atoms with Gasteiger partial charge in [-0.05, 0) is 87.3 Å². The smallest absolute Gasteiger partial charge is 0.123 e. The fraction of sp³-hybridized carbons (Fsp3) is 0.429. The Morgan fingerprint density at radius 1 is 0.970 bits per heavy atom. The number of benzene rings is 1. The molecular weight excluding hydrogens is 411 g/mol. The summed E-state index contributed by atoms with van der Waals surface area (Å²) in [6.07, 6.45) is 6.05. The van der Waals surface area contributed by atoms with Gasteiger partial charge in [0, 0.05) is 30.9 Å². The molecule has 0 atom stereocenters. The van der Waals surface area contributed by atoms with Crippen molar-refractivity contribution in [1.29, 1.82) is 0 Å². The second-order valence-electron chi connectivity index (χ2n) is 9.43. The largest absolute Gasteiger partial charge is 0.320 e. The lowest BCUT2D eigenvalue weighted by Gasteiger charge is -2.30. The van der Waals surface area contributed by atoms with E-state index < -0.39 is 0 Å². The van der Waals surface area contributed by atoms with Crippen molar-refractivity contribution in [1.82, 2.24) is 20.2 Å². The van der Waals surface area contributed by atoms with Gasteiger partial charge in [0.15, 0.2) is 0 Å². The quantitative estimate of drug-likeness (QED) is 0.390. The predicted octanol–water partition coefficient (Wildman–Crippen LogP) is 5.56. The van der Waals surface area contributed by atoms with Crippen LogP contribution in [0.25, 0.3) is 0 Å². The van der Waals surface area contributed by atoms with Crippen LogP contribution in [-0.2, 0) is 18.5 Å². The minimum absolute atomic E-state index is 0.213. The van der Waals surface area contributed by atoms with Crippen LogP contribution in [0.2, 0.25) is 0 Å². The molecule has 0 aliphatic carbocycles. The van der Waals surface area contributed by atoms with Gasteiger partial charge in [-0.15, -0.1) is 0 Å². The Bertz CT molecular complexity index is 1030. The summed E-state index contributed by atoms with van der Waals surface area (Å²) in [6.45, 7) is 12.1. The molecule has 0 spiro atoms. The predicted molar refractivity (Wildman–Crippen MR) is 134 cm³/mol. The van der Waals surface area contributed by atoms with Crippen LogP contribution in [0.1, 0.15) is 60.3 Å². The van der Waals surface area contributed by atoms with Crippen LogP contribution in [0.3, 0.4) is 0 Å². The molecular formula is C28H37FN4. The fourth-order valence-corrected chi connectivity index (χ4v) is 4.34. The van der Waals surface area contributed by atoms with Crippen LogP contribution in [0.4, 0.5) is 4.39 Å². The molecule has 2 aromatic heterocycles. The Hall–Kier alpha value is -2.63. The van der Waals surface area contributed by atoms with E-state index in [9.17, 15) is 4.39 Å². The highest BCUT2D eigenvalue weighted by Crippen LogP contribution is 2.33. The number of aromatic nitrogens is 2. The molecule has 0 unspecified atom stereocenters. The van der Waals surface area contributed by atoms with E-state index in [0.29, 0.717) is 0 Å². The molecule has 1 N–H and O–H groups in total. The lowest BCUT2D eigenvalue weighted by Crippen LogP contribution is -2.29. The van der Waals surface area contributed by atoms with Crippen molar-refractivity contribution in [3.63, 3.8) is 0 Å². The fourth-order valence-electron chi connectivity index (χ4n) is 4.34. The van der Waals surface area contributed by atoms with Crippen LogP contribution in [-0.4, -0.2) is 35.0 Å². The van der Waals surface area contributed by atoms with Crippen LogP contribution < -0.4 is 5.32 Å². The zero-order chi connectivity index (χ0) is 23.8. The van der Waals surface area contributed by atoms with E-state index in [0.717, 1.165) is 56.0 Å². The molecule has 176 valence electrons. The lowest BCUT2D eigenvalue weighted by atomic mass is 9.77. The average molecular weight is 449 g/mol. The summed E-state index contributed by atoms with van der Waals surface area (Å²) < 4.78 is 13.5. The van der Waals surface area contributed by atoms with Crippen LogP contribution >= 0.6 is 0 Å². The minimum atomic E-state index is -0.285. The van der Waals surface area contributed by atoms with Crippen molar-refractivity contribution in [2.75, 3.05) is 20.1 Å². The molecule has 1 aromatic carbocycles. The van der Waals surface area contributed by atoms with Crippen molar-refractivity contribution in [3.05, 3.63) is 94.3 Å². The number of nitrogens with one attached hydrogen (secondary N) is 1. The Balaban J connectivity index is 1.88. The van der Waals surface area contributed by atoms with Gasteiger partial charge in [0.25, 0.3) is 0 Å². The summed E-state index contributed by atoms with van der Waals surface area (Å²) in [6, 6.07) is 13.2. The number of aryl methyl sites for hydroxylation is 2. The first-order valence-electron chi connectivity index (χ1n) is 11.8. The van der Waals surface area contributed by atoms with Crippen molar-refractivity contribution in [3.8, 4) is 0 Å². The molecule has 3 aromatic rings. The molecule has 0 radical (unpaired) electrons. The topological polar surface area (TPSA) is 41.0 Å². The number of hydrogen-bond donors (Lipinski definition) is 1. The van der Waals surface area contributed by atoms with E-state index in [4.69, 9.17) is 9.97 Å². The highest BCUT2D eigenvalue weighted by molar-refractivity contribution is 5.39. The normalized spacial score (nSPS) is 11.8. The van der Waals surface area contributed by atoms with Crippen LogP contribution in [0.15, 0.2) is 54.9 Å². The zero-order valence-corrected chi connectivity index (χ0v) is 20.7. The highest BCUT2D eigenvalue weighted by atomic mass is 19.1. The van der Waals surface area contributed by atoms with E-state index in [1.807, 2.05) is 37.6 Å². The van der Waals surface area contributed by atoms with Crippen molar-refractivity contribution >= 4 is 0 Å². The van der Waals surface area contributed by atoms with Gasteiger partial charge in [0.05, 0.1) is 11.4 Å². The molecule has 3 rings (SSSR count). The summed E-state index contributed by atoms with van der Waals surface area (Å²) in [7, 11) is 2.00. The third kappa shape index (κ3) is 6.68. The summed E-state index contributed by atoms with van der Waals surface area (Å²) in [5.41, 5.74) is 6.55. The number of rotatable bonds is 11. The Labute approximate surface area is 198 Å². The Morgan fingerprint density at radius 2 is 1.70 bits per heavy atom. The number of nitrogens with zero attached hydrogens (tertiary/aromatic N) is 3. The lowest BCUT2D eigenvalue weighted by molar-refractivity contribution is 0.243. The Kier molecular flexibility index (Phi) is 8.70. The zero-order valence-electron chi connectivity index (χ0n) is 20.7. The number of halogens is 1. The van der Waals surface area contributed by atoms with E-state index in [1.165, 1.54) is 28.8 Å². The first-order chi connectivity index (χ1) is 15.8. The maximum Gasteiger partial charge on any atom is 0.123 e. The molecule has 0 aliphatic rings.